The first-order valence-corrected chi connectivity index (χ1v) is 12.9. The molecule has 1 N–H and O–H groups in total. The van der Waals surface area contributed by atoms with Gasteiger partial charge in [0.1, 0.15) is 30.0 Å². The highest BCUT2D eigenvalue weighted by Gasteiger charge is 2.33. The van der Waals surface area contributed by atoms with Crippen LogP contribution in [0.15, 0.2) is 65.1 Å². The summed E-state index contributed by atoms with van der Waals surface area (Å²) in [6, 6.07) is 13.5. The van der Waals surface area contributed by atoms with Gasteiger partial charge in [0.05, 0.1) is 6.10 Å². The maximum absolute atomic E-state index is 14.8. The number of rotatable bonds is 10. The molecule has 0 spiro atoms. The van der Waals surface area contributed by atoms with Crippen LogP contribution in [-0.2, 0) is 27.4 Å². The SMILES string of the molecule is Cc1ccc(-c2nnn(CC(=O)N(Cc3ccccc3F)[C@@H](C(=O)NC[C@H]3CCCO3)c3ccc(F)cc3)n2)o1. The number of hydrogen-bond acceptors (Lipinski definition) is 7. The monoisotopic (exact) mass is 550 g/mol. The van der Waals surface area contributed by atoms with Gasteiger partial charge >= 0.3 is 0 Å². The summed E-state index contributed by atoms with van der Waals surface area (Å²) in [7, 11) is 0. The van der Waals surface area contributed by atoms with Crippen LogP contribution in [-0.4, -0.2) is 56.2 Å². The molecule has 1 aliphatic rings. The van der Waals surface area contributed by atoms with Crippen LogP contribution in [0.4, 0.5) is 8.78 Å². The van der Waals surface area contributed by atoms with Crippen molar-refractivity contribution in [3.8, 4) is 11.6 Å². The molecular formula is C28H28F2N6O4. The van der Waals surface area contributed by atoms with Crippen molar-refractivity contribution in [1.29, 1.82) is 0 Å². The molecule has 0 radical (unpaired) electrons. The van der Waals surface area contributed by atoms with Crippen molar-refractivity contribution in [3.05, 3.63) is 89.2 Å². The fourth-order valence-corrected chi connectivity index (χ4v) is 4.54. The lowest BCUT2D eigenvalue weighted by atomic mass is 10.0. The Morgan fingerprint density at radius 1 is 1.12 bits per heavy atom. The van der Waals surface area contributed by atoms with Crippen molar-refractivity contribution >= 4 is 11.8 Å². The average molecular weight is 551 g/mol. The summed E-state index contributed by atoms with van der Waals surface area (Å²) in [4.78, 5) is 29.7. The van der Waals surface area contributed by atoms with Crippen molar-refractivity contribution in [2.75, 3.05) is 13.2 Å². The number of aryl methyl sites for hydroxylation is 1. The third-order valence-corrected chi connectivity index (χ3v) is 6.58. The van der Waals surface area contributed by atoms with E-state index in [0.717, 1.165) is 17.6 Å². The Morgan fingerprint density at radius 2 is 1.93 bits per heavy atom. The van der Waals surface area contributed by atoms with Crippen LogP contribution in [0.1, 0.15) is 35.8 Å². The summed E-state index contributed by atoms with van der Waals surface area (Å²) < 4.78 is 39.7. The highest BCUT2D eigenvalue weighted by Crippen LogP contribution is 2.26. The van der Waals surface area contributed by atoms with Crippen LogP contribution < -0.4 is 5.32 Å². The van der Waals surface area contributed by atoms with E-state index in [0.29, 0.717) is 23.7 Å². The fourth-order valence-electron chi connectivity index (χ4n) is 4.54. The van der Waals surface area contributed by atoms with Crippen molar-refractivity contribution in [3.63, 3.8) is 0 Å². The maximum atomic E-state index is 14.8. The summed E-state index contributed by atoms with van der Waals surface area (Å²) >= 11 is 0. The molecule has 1 fully saturated rings. The largest absolute Gasteiger partial charge is 0.458 e. The van der Waals surface area contributed by atoms with Crippen LogP contribution in [0.25, 0.3) is 11.6 Å². The van der Waals surface area contributed by atoms with Crippen LogP contribution >= 0.6 is 0 Å². The first kappa shape index (κ1) is 27.1. The average Bonchev–Trinajstić information content (AvgIpc) is 3.72. The number of nitrogens with zero attached hydrogens (tertiary/aromatic N) is 5. The number of aromatic nitrogens is 4. The molecule has 40 heavy (non-hydrogen) atoms. The van der Waals surface area contributed by atoms with Gasteiger partial charge in [-0.1, -0.05) is 30.3 Å². The number of carbonyl (C=O) groups excluding carboxylic acids is 2. The van der Waals surface area contributed by atoms with E-state index in [1.54, 1.807) is 25.1 Å². The Labute approximate surface area is 228 Å². The molecule has 4 aromatic rings. The van der Waals surface area contributed by atoms with Gasteiger partial charge in [0.15, 0.2) is 5.76 Å². The van der Waals surface area contributed by atoms with Gasteiger partial charge in [0.25, 0.3) is 0 Å². The molecule has 2 aromatic carbocycles. The first-order valence-electron chi connectivity index (χ1n) is 12.9. The molecular weight excluding hydrogens is 522 g/mol. The van der Waals surface area contributed by atoms with E-state index in [2.05, 4.69) is 20.7 Å². The van der Waals surface area contributed by atoms with Gasteiger partial charge in [-0.15, -0.1) is 10.2 Å². The number of hydrogen-bond donors (Lipinski definition) is 1. The predicted molar refractivity (Wildman–Crippen MR) is 138 cm³/mol. The summed E-state index contributed by atoms with van der Waals surface area (Å²) in [6.45, 7) is 2.01. The molecule has 12 heteroatoms. The minimum Gasteiger partial charge on any atom is -0.458 e. The number of ether oxygens (including phenoxy) is 1. The van der Waals surface area contributed by atoms with Gasteiger partial charge in [-0.2, -0.15) is 4.80 Å². The third-order valence-electron chi connectivity index (χ3n) is 6.58. The molecule has 2 atom stereocenters. The number of carbonyl (C=O) groups is 2. The second kappa shape index (κ2) is 12.2. The highest BCUT2D eigenvalue weighted by molar-refractivity contribution is 5.88. The van der Waals surface area contributed by atoms with Gasteiger partial charge in [-0.3, -0.25) is 9.59 Å². The number of furan rings is 1. The van der Waals surface area contributed by atoms with Crippen molar-refractivity contribution in [2.24, 2.45) is 0 Å². The molecule has 10 nitrogen and oxygen atoms in total. The Balaban J connectivity index is 1.46. The zero-order valence-electron chi connectivity index (χ0n) is 21.8. The molecule has 0 unspecified atom stereocenters. The maximum Gasteiger partial charge on any atom is 0.247 e. The molecule has 2 aromatic heterocycles. The normalized spacial score (nSPS) is 15.6. The Kier molecular flexibility index (Phi) is 8.25. The molecule has 1 saturated heterocycles. The molecule has 5 rings (SSSR count). The molecule has 2 amide bonds. The number of nitrogens with one attached hydrogen (secondary N) is 1. The lowest BCUT2D eigenvalue weighted by Gasteiger charge is -2.32. The van der Waals surface area contributed by atoms with Crippen molar-refractivity contribution in [2.45, 2.75) is 45.0 Å². The lowest BCUT2D eigenvalue weighted by Crippen LogP contribution is -2.46. The number of tetrazole rings is 1. The van der Waals surface area contributed by atoms with E-state index in [9.17, 15) is 18.4 Å². The molecule has 1 aliphatic heterocycles. The third kappa shape index (κ3) is 6.40. The number of amides is 2. The standard InChI is InChI=1S/C28H28F2N6O4/c1-18-8-13-24(40-18)27-32-34-36(33-27)17-25(37)35(16-20-5-2-3-7-23(20)30)26(19-9-11-21(29)12-10-19)28(38)31-15-22-6-4-14-39-22/h2-3,5,7-13,22,26H,4,6,14-17H2,1H3,(H,31,38)/t22-,26-/m1/s1. The number of benzene rings is 2. The van der Waals surface area contributed by atoms with Gasteiger partial charge in [-0.25, -0.2) is 8.78 Å². The van der Waals surface area contributed by atoms with E-state index >= 15 is 0 Å². The van der Waals surface area contributed by atoms with Crippen LogP contribution in [0, 0.1) is 18.6 Å². The van der Waals surface area contributed by atoms with Crippen LogP contribution in [0.2, 0.25) is 0 Å². The summed E-state index contributed by atoms with van der Waals surface area (Å²) in [5.41, 5.74) is 0.558. The van der Waals surface area contributed by atoms with E-state index in [1.165, 1.54) is 47.4 Å². The van der Waals surface area contributed by atoms with Gasteiger partial charge in [0, 0.05) is 25.3 Å². The molecule has 0 saturated carbocycles. The minimum absolute atomic E-state index is 0.142. The smallest absolute Gasteiger partial charge is 0.247 e. The molecule has 208 valence electrons. The Morgan fingerprint density at radius 3 is 2.62 bits per heavy atom. The van der Waals surface area contributed by atoms with Crippen molar-refractivity contribution < 1.29 is 27.5 Å². The van der Waals surface area contributed by atoms with Gasteiger partial charge in [0.2, 0.25) is 17.6 Å². The van der Waals surface area contributed by atoms with Crippen LogP contribution in [0.5, 0.6) is 0 Å². The second-order valence-electron chi connectivity index (χ2n) is 9.50. The minimum atomic E-state index is -1.20. The Bertz CT molecular complexity index is 1470. The van der Waals surface area contributed by atoms with E-state index < -0.39 is 36.0 Å². The molecule has 0 aliphatic carbocycles. The van der Waals surface area contributed by atoms with Crippen LogP contribution in [0.3, 0.4) is 0 Å². The predicted octanol–water partition coefficient (Wildman–Crippen LogP) is 3.59. The summed E-state index contributed by atoms with van der Waals surface area (Å²) in [6.07, 6.45) is 1.55. The summed E-state index contributed by atoms with van der Waals surface area (Å²) in [5, 5.41) is 15.0. The molecule has 3 heterocycles. The van der Waals surface area contributed by atoms with E-state index in [4.69, 9.17) is 9.15 Å². The van der Waals surface area contributed by atoms with Gasteiger partial charge in [-0.05, 0) is 60.9 Å². The Hall–Kier alpha value is -4.45. The molecule has 0 bridgehead atoms. The number of halogens is 2. The first-order chi connectivity index (χ1) is 19.4. The van der Waals surface area contributed by atoms with Crippen molar-refractivity contribution in [1.82, 2.24) is 30.4 Å². The second-order valence-corrected chi connectivity index (χ2v) is 9.50. The zero-order chi connectivity index (χ0) is 28.1. The lowest BCUT2D eigenvalue weighted by molar-refractivity contribution is -0.142. The van der Waals surface area contributed by atoms with E-state index in [1.807, 2.05) is 0 Å². The van der Waals surface area contributed by atoms with Gasteiger partial charge < -0.3 is 19.4 Å². The summed E-state index contributed by atoms with van der Waals surface area (Å²) in [5.74, 6) is -0.888. The zero-order valence-corrected chi connectivity index (χ0v) is 21.8. The quantitative estimate of drug-likeness (QED) is 0.321. The van der Waals surface area contributed by atoms with E-state index in [-0.39, 0.29) is 30.6 Å². The topological polar surface area (TPSA) is 115 Å². The fraction of sp³-hybridized carbons (Fsp3) is 0.321. The highest BCUT2D eigenvalue weighted by atomic mass is 19.1.